The summed E-state index contributed by atoms with van der Waals surface area (Å²) in [6.07, 6.45) is 0.739. The predicted octanol–water partition coefficient (Wildman–Crippen LogP) is 4.35. The molecule has 0 aliphatic carbocycles. The maximum absolute atomic E-state index is 13.6. The van der Waals surface area contributed by atoms with Gasteiger partial charge in [0, 0.05) is 38.2 Å². The zero-order valence-corrected chi connectivity index (χ0v) is 24.5. The molecular weight excluding hydrogens is 548 g/mol. The number of ether oxygens (including phenoxy) is 4. The first-order chi connectivity index (χ1) is 20.9. The Morgan fingerprint density at radius 2 is 1.77 bits per heavy atom. The lowest BCUT2D eigenvalue weighted by molar-refractivity contribution is -0.140. The van der Waals surface area contributed by atoms with Crippen molar-refractivity contribution in [3.63, 3.8) is 0 Å². The number of aliphatic hydroxyl groups excluding tert-OH is 1. The molecule has 43 heavy (non-hydrogen) atoms. The summed E-state index contributed by atoms with van der Waals surface area (Å²) in [5.41, 5.74) is 3.14. The molecule has 3 aromatic carbocycles. The summed E-state index contributed by atoms with van der Waals surface area (Å²) >= 11 is 0. The summed E-state index contributed by atoms with van der Waals surface area (Å²) in [5, 5.41) is 11.6. The van der Waals surface area contributed by atoms with E-state index in [0.29, 0.717) is 62.0 Å². The number of aliphatic hydroxyl groups is 1. The first-order valence-corrected chi connectivity index (χ1v) is 14.7. The van der Waals surface area contributed by atoms with Crippen molar-refractivity contribution in [3.8, 4) is 17.2 Å². The van der Waals surface area contributed by atoms with Gasteiger partial charge < -0.3 is 29.0 Å². The topological polar surface area (TPSA) is 97.8 Å². The van der Waals surface area contributed by atoms with Gasteiger partial charge in [-0.2, -0.15) is 0 Å². The molecule has 0 unspecified atom stereocenters. The number of hydrogen-bond donors (Lipinski definition) is 1. The number of likely N-dealkylation sites (tertiary alicyclic amines) is 1. The number of Topliss-reactive ketones (excluding diaryl/α,β-unsaturated/α-hetero) is 1. The van der Waals surface area contributed by atoms with Gasteiger partial charge in [0.05, 0.1) is 31.9 Å². The van der Waals surface area contributed by atoms with Gasteiger partial charge in [-0.25, -0.2) is 0 Å². The number of morpholine rings is 1. The quantitative estimate of drug-likeness (QED) is 0.225. The summed E-state index contributed by atoms with van der Waals surface area (Å²) in [4.78, 5) is 30.9. The van der Waals surface area contributed by atoms with E-state index in [1.807, 2.05) is 49.4 Å². The van der Waals surface area contributed by atoms with Crippen molar-refractivity contribution in [2.24, 2.45) is 0 Å². The molecule has 2 fully saturated rings. The largest absolute Gasteiger partial charge is 0.507 e. The van der Waals surface area contributed by atoms with Crippen molar-refractivity contribution in [2.45, 2.75) is 32.1 Å². The monoisotopic (exact) mass is 584 g/mol. The number of carbonyl (C=O) groups excluding carboxylic acids is 2. The molecule has 9 heteroatoms. The molecule has 1 N–H and O–H groups in total. The minimum atomic E-state index is -0.804. The minimum Gasteiger partial charge on any atom is -0.507 e. The SMILES string of the molecule is COc1cc([C@H]2C(=C(O)c3ccc4c(c3)C[C@@H](C)O4)C(=O)C(=O)N2CCN2CCOCC2)ccc1OCc1ccccc1. The number of methoxy groups -OCH3 is 1. The molecule has 3 heterocycles. The van der Waals surface area contributed by atoms with Crippen molar-refractivity contribution in [1.29, 1.82) is 0 Å². The molecule has 0 aromatic heterocycles. The van der Waals surface area contributed by atoms with Crippen LogP contribution in [-0.2, 0) is 27.4 Å². The maximum atomic E-state index is 13.6. The van der Waals surface area contributed by atoms with Gasteiger partial charge in [-0.3, -0.25) is 14.5 Å². The fourth-order valence-corrected chi connectivity index (χ4v) is 5.96. The Hall–Kier alpha value is -4.34. The van der Waals surface area contributed by atoms with Crippen LogP contribution in [0.25, 0.3) is 5.76 Å². The van der Waals surface area contributed by atoms with Crippen LogP contribution in [-0.4, -0.2) is 79.2 Å². The van der Waals surface area contributed by atoms with Crippen molar-refractivity contribution >= 4 is 17.4 Å². The Labute approximate surface area is 251 Å². The second kappa shape index (κ2) is 12.5. The van der Waals surface area contributed by atoms with Crippen LogP contribution in [0.4, 0.5) is 0 Å². The van der Waals surface area contributed by atoms with Gasteiger partial charge in [0.15, 0.2) is 11.5 Å². The van der Waals surface area contributed by atoms with Gasteiger partial charge >= 0.3 is 0 Å². The van der Waals surface area contributed by atoms with Gasteiger partial charge in [-0.1, -0.05) is 36.4 Å². The summed E-state index contributed by atoms with van der Waals surface area (Å²) in [7, 11) is 1.55. The molecule has 0 spiro atoms. The Bertz CT molecular complexity index is 1530. The highest BCUT2D eigenvalue weighted by atomic mass is 16.5. The van der Waals surface area contributed by atoms with Crippen LogP contribution in [0, 0.1) is 0 Å². The van der Waals surface area contributed by atoms with Crippen LogP contribution >= 0.6 is 0 Å². The number of fused-ring (bicyclic) bond motifs is 1. The fraction of sp³-hybridized carbons (Fsp3) is 0.353. The molecule has 2 saturated heterocycles. The molecule has 3 aliphatic rings. The third kappa shape index (κ3) is 5.96. The molecule has 0 saturated carbocycles. The summed E-state index contributed by atoms with van der Waals surface area (Å²) in [5.74, 6) is 0.216. The Balaban J connectivity index is 1.36. The first-order valence-electron chi connectivity index (χ1n) is 14.7. The van der Waals surface area contributed by atoms with Crippen molar-refractivity contribution < 1.29 is 33.6 Å². The predicted molar refractivity (Wildman–Crippen MR) is 160 cm³/mol. The second-order valence-corrected chi connectivity index (χ2v) is 11.1. The van der Waals surface area contributed by atoms with E-state index in [4.69, 9.17) is 18.9 Å². The molecule has 3 aliphatic heterocycles. The van der Waals surface area contributed by atoms with E-state index in [-0.39, 0.29) is 17.4 Å². The number of hydrogen-bond acceptors (Lipinski definition) is 8. The third-order valence-electron chi connectivity index (χ3n) is 8.21. The summed E-state index contributed by atoms with van der Waals surface area (Å²) in [6.45, 7) is 6.01. The average molecular weight is 585 g/mol. The normalized spacial score (nSPS) is 21.5. The third-order valence-corrected chi connectivity index (χ3v) is 8.21. The maximum Gasteiger partial charge on any atom is 0.295 e. The lowest BCUT2D eigenvalue weighted by atomic mass is 9.94. The van der Waals surface area contributed by atoms with Gasteiger partial charge in [-0.15, -0.1) is 0 Å². The van der Waals surface area contributed by atoms with Gasteiger partial charge in [0.25, 0.3) is 11.7 Å². The highest BCUT2D eigenvalue weighted by Crippen LogP contribution is 2.43. The van der Waals surface area contributed by atoms with Gasteiger partial charge in [0.1, 0.15) is 24.2 Å². The number of nitrogens with zero attached hydrogens (tertiary/aromatic N) is 2. The van der Waals surface area contributed by atoms with Crippen LogP contribution in [0.3, 0.4) is 0 Å². The van der Waals surface area contributed by atoms with E-state index in [2.05, 4.69) is 4.90 Å². The number of amides is 1. The smallest absolute Gasteiger partial charge is 0.295 e. The summed E-state index contributed by atoms with van der Waals surface area (Å²) in [6, 6.07) is 19.8. The lowest BCUT2D eigenvalue weighted by Gasteiger charge is -2.31. The van der Waals surface area contributed by atoms with Gasteiger partial charge in [-0.05, 0) is 53.9 Å². The van der Waals surface area contributed by atoms with E-state index >= 15 is 0 Å². The van der Waals surface area contributed by atoms with Crippen molar-refractivity contribution in [1.82, 2.24) is 9.80 Å². The van der Waals surface area contributed by atoms with Crippen molar-refractivity contribution in [3.05, 3.63) is 94.6 Å². The lowest BCUT2D eigenvalue weighted by Crippen LogP contribution is -2.42. The zero-order chi connectivity index (χ0) is 29.9. The van der Waals surface area contributed by atoms with E-state index in [9.17, 15) is 14.7 Å². The molecule has 3 aromatic rings. The molecule has 2 atom stereocenters. The Kier molecular flexibility index (Phi) is 8.35. The van der Waals surface area contributed by atoms with Gasteiger partial charge in [0.2, 0.25) is 0 Å². The number of rotatable bonds is 9. The minimum absolute atomic E-state index is 0.0354. The molecular formula is C34H36N2O7. The van der Waals surface area contributed by atoms with E-state index in [0.717, 1.165) is 30.0 Å². The fourth-order valence-electron chi connectivity index (χ4n) is 5.96. The van der Waals surface area contributed by atoms with Crippen molar-refractivity contribution in [2.75, 3.05) is 46.5 Å². The van der Waals surface area contributed by atoms with E-state index in [1.54, 1.807) is 36.3 Å². The van der Waals surface area contributed by atoms with Crippen LogP contribution < -0.4 is 14.2 Å². The number of benzene rings is 3. The second-order valence-electron chi connectivity index (χ2n) is 11.1. The van der Waals surface area contributed by atoms with Crippen LogP contribution in [0.1, 0.15) is 35.2 Å². The summed E-state index contributed by atoms with van der Waals surface area (Å²) < 4.78 is 23.0. The van der Waals surface area contributed by atoms with Crippen LogP contribution in [0.5, 0.6) is 17.2 Å². The molecule has 6 rings (SSSR count). The first kappa shape index (κ1) is 28.8. The average Bonchev–Trinajstić information content (AvgIpc) is 3.54. The highest BCUT2D eigenvalue weighted by molar-refractivity contribution is 6.46. The number of ketones is 1. The zero-order valence-electron chi connectivity index (χ0n) is 24.5. The standard InChI is InChI=1S/C34H36N2O7/c1-22-18-26-19-25(9-10-27(26)43-22)32(37)30-31(36(34(39)33(30)38)13-12-35-14-16-41-17-15-35)24-8-11-28(29(20-24)40-2)42-21-23-6-4-3-5-7-23/h3-11,19-20,22,31,37H,12-18,21H2,1-2H3/t22-,31+/m1/s1. The molecule has 0 radical (unpaired) electrons. The van der Waals surface area contributed by atoms with Crippen LogP contribution in [0.2, 0.25) is 0 Å². The van der Waals surface area contributed by atoms with E-state index < -0.39 is 17.7 Å². The Morgan fingerprint density at radius 3 is 2.53 bits per heavy atom. The molecule has 0 bridgehead atoms. The van der Waals surface area contributed by atoms with Crippen LogP contribution in [0.15, 0.2) is 72.3 Å². The molecule has 9 nitrogen and oxygen atoms in total. The molecule has 224 valence electrons. The Morgan fingerprint density at radius 1 is 0.977 bits per heavy atom. The highest BCUT2D eigenvalue weighted by Gasteiger charge is 2.46. The number of carbonyl (C=O) groups is 2. The van der Waals surface area contributed by atoms with E-state index in [1.165, 1.54) is 0 Å². The molecule has 1 amide bonds.